The number of halogens is 1. The Bertz CT molecular complexity index is 552. The third-order valence-corrected chi connectivity index (χ3v) is 2.69. The lowest BCUT2D eigenvalue weighted by atomic mass is 10.1. The van der Waals surface area contributed by atoms with E-state index in [1.807, 2.05) is 0 Å². The van der Waals surface area contributed by atoms with Gasteiger partial charge in [0.1, 0.15) is 0 Å². The first-order valence-corrected chi connectivity index (χ1v) is 6.13. The van der Waals surface area contributed by atoms with Crippen LogP contribution in [0.4, 0.5) is 4.39 Å². The van der Waals surface area contributed by atoms with Crippen molar-refractivity contribution in [3.63, 3.8) is 0 Å². The molecule has 0 spiro atoms. The Kier molecular flexibility index (Phi) is 4.16. The van der Waals surface area contributed by atoms with Crippen molar-refractivity contribution in [2.24, 2.45) is 0 Å². The predicted octanol–water partition coefficient (Wildman–Crippen LogP) is 2.99. The first-order valence-electron chi connectivity index (χ1n) is 6.13. The molecule has 1 aromatic heterocycles. The van der Waals surface area contributed by atoms with Crippen molar-refractivity contribution in [2.45, 2.75) is 26.4 Å². The lowest BCUT2D eigenvalue weighted by Gasteiger charge is -2.04. The van der Waals surface area contributed by atoms with Crippen LogP contribution in [0.15, 0.2) is 28.8 Å². The third-order valence-electron chi connectivity index (χ3n) is 2.69. The third kappa shape index (κ3) is 3.32. The van der Waals surface area contributed by atoms with Crippen LogP contribution in [0, 0.1) is 5.82 Å². The minimum absolute atomic E-state index is 0.213. The maximum Gasteiger partial charge on any atom is 0.167 e. The Morgan fingerprint density at radius 2 is 2.16 bits per heavy atom. The fourth-order valence-electron chi connectivity index (χ4n) is 1.66. The van der Waals surface area contributed by atoms with Gasteiger partial charge >= 0.3 is 0 Å². The van der Waals surface area contributed by atoms with Gasteiger partial charge in [-0.2, -0.15) is 0 Å². The second-order valence-electron chi connectivity index (χ2n) is 4.57. The van der Waals surface area contributed by atoms with Crippen LogP contribution in [0.1, 0.15) is 19.5 Å². The van der Waals surface area contributed by atoms with Gasteiger partial charge in [-0.25, -0.2) is 4.39 Å². The molecule has 0 unspecified atom stereocenters. The van der Waals surface area contributed by atoms with E-state index in [4.69, 9.17) is 9.26 Å². The van der Waals surface area contributed by atoms with E-state index >= 15 is 0 Å². The Labute approximate surface area is 111 Å². The summed E-state index contributed by atoms with van der Waals surface area (Å²) in [6.45, 7) is 4.74. The van der Waals surface area contributed by atoms with Gasteiger partial charge in [0, 0.05) is 24.2 Å². The van der Waals surface area contributed by atoms with Gasteiger partial charge < -0.3 is 14.6 Å². The Hall–Kier alpha value is -1.88. The highest BCUT2D eigenvalue weighted by Gasteiger charge is 2.10. The molecular formula is C14H17FN2O2. The van der Waals surface area contributed by atoms with Gasteiger partial charge in [-0.15, -0.1) is 0 Å². The molecule has 0 atom stereocenters. The summed E-state index contributed by atoms with van der Waals surface area (Å²) in [5.41, 5.74) is 1.43. The van der Waals surface area contributed by atoms with Crippen molar-refractivity contribution in [1.29, 1.82) is 0 Å². The van der Waals surface area contributed by atoms with Crippen LogP contribution < -0.4 is 10.1 Å². The molecule has 0 bridgehead atoms. The standard InChI is InChI=1S/C14H17FN2O2/c1-9(2)16-8-11-7-14(19-17-11)10-4-5-13(18-3)12(15)6-10/h4-7,9,16H,8H2,1-3H3. The normalized spacial score (nSPS) is 11.0. The van der Waals surface area contributed by atoms with E-state index in [0.717, 1.165) is 5.69 Å². The SMILES string of the molecule is COc1ccc(-c2cc(CNC(C)C)no2)cc1F. The van der Waals surface area contributed by atoms with Gasteiger partial charge in [0.2, 0.25) is 0 Å². The van der Waals surface area contributed by atoms with E-state index in [1.165, 1.54) is 13.2 Å². The van der Waals surface area contributed by atoms with E-state index in [2.05, 4.69) is 24.3 Å². The van der Waals surface area contributed by atoms with E-state index in [9.17, 15) is 4.39 Å². The number of nitrogens with one attached hydrogen (secondary N) is 1. The summed E-state index contributed by atoms with van der Waals surface area (Å²) >= 11 is 0. The minimum Gasteiger partial charge on any atom is -0.494 e. The summed E-state index contributed by atoms with van der Waals surface area (Å²) in [6, 6.07) is 6.86. The summed E-state index contributed by atoms with van der Waals surface area (Å²) in [6.07, 6.45) is 0. The highest BCUT2D eigenvalue weighted by atomic mass is 19.1. The van der Waals surface area contributed by atoms with Gasteiger partial charge in [-0.3, -0.25) is 0 Å². The lowest BCUT2D eigenvalue weighted by molar-refractivity contribution is 0.386. The highest BCUT2D eigenvalue weighted by molar-refractivity contribution is 5.58. The molecule has 5 heteroatoms. The summed E-state index contributed by atoms with van der Waals surface area (Å²) in [5.74, 6) is 0.338. The maximum absolute atomic E-state index is 13.6. The van der Waals surface area contributed by atoms with Crippen molar-refractivity contribution < 1.29 is 13.7 Å². The molecule has 2 aromatic rings. The first kappa shape index (κ1) is 13.5. The smallest absolute Gasteiger partial charge is 0.167 e. The van der Waals surface area contributed by atoms with E-state index in [1.54, 1.807) is 18.2 Å². The Balaban J connectivity index is 2.16. The minimum atomic E-state index is -0.418. The fraction of sp³-hybridized carbons (Fsp3) is 0.357. The Morgan fingerprint density at radius 1 is 1.37 bits per heavy atom. The van der Waals surface area contributed by atoms with Gasteiger partial charge in [0.15, 0.2) is 17.3 Å². The maximum atomic E-state index is 13.6. The van der Waals surface area contributed by atoms with Crippen LogP contribution in [0.3, 0.4) is 0 Å². The number of benzene rings is 1. The van der Waals surface area contributed by atoms with Gasteiger partial charge in [0.25, 0.3) is 0 Å². The first-order chi connectivity index (χ1) is 9.10. The van der Waals surface area contributed by atoms with Gasteiger partial charge in [0.05, 0.1) is 12.8 Å². The quantitative estimate of drug-likeness (QED) is 0.901. The zero-order chi connectivity index (χ0) is 13.8. The van der Waals surface area contributed by atoms with Crippen LogP contribution in [0.25, 0.3) is 11.3 Å². The highest BCUT2D eigenvalue weighted by Crippen LogP contribution is 2.25. The number of nitrogens with zero attached hydrogens (tertiary/aromatic N) is 1. The molecule has 1 N–H and O–H groups in total. The van der Waals surface area contributed by atoms with E-state index in [-0.39, 0.29) is 5.75 Å². The van der Waals surface area contributed by atoms with E-state index in [0.29, 0.717) is 23.9 Å². The molecule has 0 aliphatic heterocycles. The van der Waals surface area contributed by atoms with Crippen molar-refractivity contribution >= 4 is 0 Å². The van der Waals surface area contributed by atoms with Crippen molar-refractivity contribution in [3.05, 3.63) is 35.8 Å². The molecule has 102 valence electrons. The van der Waals surface area contributed by atoms with E-state index < -0.39 is 5.82 Å². The second kappa shape index (κ2) is 5.84. The topological polar surface area (TPSA) is 47.3 Å². The monoisotopic (exact) mass is 264 g/mol. The molecule has 0 aliphatic rings. The molecule has 0 amide bonds. The summed E-state index contributed by atoms with van der Waals surface area (Å²) in [5, 5.41) is 7.19. The van der Waals surface area contributed by atoms with Crippen LogP contribution in [0.2, 0.25) is 0 Å². The lowest BCUT2D eigenvalue weighted by Crippen LogP contribution is -2.21. The summed E-state index contributed by atoms with van der Waals surface area (Å²) in [7, 11) is 1.43. The largest absolute Gasteiger partial charge is 0.494 e. The molecule has 2 rings (SSSR count). The number of methoxy groups -OCH3 is 1. The molecule has 0 fully saturated rings. The number of ether oxygens (including phenoxy) is 1. The van der Waals surface area contributed by atoms with Crippen molar-refractivity contribution in [1.82, 2.24) is 10.5 Å². The predicted molar refractivity (Wildman–Crippen MR) is 70.4 cm³/mol. The molecule has 4 nitrogen and oxygen atoms in total. The zero-order valence-corrected chi connectivity index (χ0v) is 11.2. The molecule has 0 saturated carbocycles. The molecule has 19 heavy (non-hydrogen) atoms. The Morgan fingerprint density at radius 3 is 2.79 bits per heavy atom. The van der Waals surface area contributed by atoms with Crippen LogP contribution >= 0.6 is 0 Å². The average Bonchev–Trinajstić information content (AvgIpc) is 2.85. The second-order valence-corrected chi connectivity index (χ2v) is 4.57. The molecule has 0 saturated heterocycles. The van der Waals surface area contributed by atoms with Gasteiger partial charge in [-0.1, -0.05) is 19.0 Å². The average molecular weight is 264 g/mol. The molecule has 1 aromatic carbocycles. The fourth-order valence-corrected chi connectivity index (χ4v) is 1.66. The summed E-state index contributed by atoms with van der Waals surface area (Å²) in [4.78, 5) is 0. The van der Waals surface area contributed by atoms with Crippen LogP contribution in [-0.4, -0.2) is 18.3 Å². The van der Waals surface area contributed by atoms with Crippen LogP contribution in [0.5, 0.6) is 5.75 Å². The number of hydrogen-bond donors (Lipinski definition) is 1. The van der Waals surface area contributed by atoms with Crippen LogP contribution in [-0.2, 0) is 6.54 Å². The number of rotatable bonds is 5. The molecule has 1 heterocycles. The number of hydrogen-bond acceptors (Lipinski definition) is 4. The van der Waals surface area contributed by atoms with Gasteiger partial charge in [-0.05, 0) is 18.2 Å². The molecule has 0 aliphatic carbocycles. The zero-order valence-electron chi connectivity index (χ0n) is 11.2. The number of aromatic nitrogens is 1. The molecule has 0 radical (unpaired) electrons. The summed E-state index contributed by atoms with van der Waals surface area (Å²) < 4.78 is 23.7. The molecular weight excluding hydrogens is 247 g/mol. The van der Waals surface area contributed by atoms with Crippen molar-refractivity contribution in [3.8, 4) is 17.1 Å². The van der Waals surface area contributed by atoms with Crippen molar-refractivity contribution in [2.75, 3.05) is 7.11 Å².